The first-order valence-corrected chi connectivity index (χ1v) is 6.86. The first-order valence-electron chi connectivity index (χ1n) is 6.86. The second kappa shape index (κ2) is 7.78. The summed E-state index contributed by atoms with van der Waals surface area (Å²) in [6, 6.07) is 5.53. The predicted octanol–water partition coefficient (Wildman–Crippen LogP) is 2.23. The Kier molecular flexibility index (Phi) is 6.37. The fraction of sp³-hybridized carbons (Fsp3) is 0.500. The summed E-state index contributed by atoms with van der Waals surface area (Å²) in [6.07, 6.45) is 0.139. The molecule has 0 aliphatic carbocycles. The van der Waals surface area contributed by atoms with E-state index in [-0.39, 0.29) is 30.9 Å². The number of aryl methyl sites for hydroxylation is 2. The van der Waals surface area contributed by atoms with Gasteiger partial charge in [-0.2, -0.15) is 0 Å². The molecule has 5 nitrogen and oxygen atoms in total. The van der Waals surface area contributed by atoms with Crippen LogP contribution in [0.3, 0.4) is 0 Å². The van der Waals surface area contributed by atoms with Gasteiger partial charge in [0.1, 0.15) is 6.61 Å². The second-order valence-electron chi connectivity index (χ2n) is 5.07. The number of carbonyl (C=O) groups excluding carboxylic acids is 2. The number of carbonyl (C=O) groups is 2. The fourth-order valence-corrected chi connectivity index (χ4v) is 2.39. The highest BCUT2D eigenvalue weighted by Gasteiger charge is 2.26. The Morgan fingerprint density at radius 2 is 1.76 bits per heavy atom. The zero-order chi connectivity index (χ0) is 16.0. The minimum absolute atomic E-state index is 0.0285. The third kappa shape index (κ3) is 4.29. The van der Waals surface area contributed by atoms with Crippen LogP contribution in [-0.2, 0) is 19.1 Å². The summed E-state index contributed by atoms with van der Waals surface area (Å²) in [7, 11) is 2.82. The van der Waals surface area contributed by atoms with E-state index >= 15 is 0 Å². The molecule has 1 atom stereocenters. The van der Waals surface area contributed by atoms with Crippen LogP contribution >= 0.6 is 0 Å². The smallest absolute Gasteiger partial charge is 0.307 e. The zero-order valence-corrected chi connectivity index (χ0v) is 13.3. The summed E-state index contributed by atoms with van der Waals surface area (Å²) in [5, 5.41) is 0. The van der Waals surface area contributed by atoms with Crippen molar-refractivity contribution in [3.05, 3.63) is 29.3 Å². The maximum atomic E-state index is 12.4. The first-order chi connectivity index (χ1) is 9.92. The van der Waals surface area contributed by atoms with E-state index in [0.29, 0.717) is 0 Å². The molecule has 0 saturated carbocycles. The van der Waals surface area contributed by atoms with Crippen molar-refractivity contribution >= 4 is 17.6 Å². The molecule has 1 aromatic carbocycles. The van der Waals surface area contributed by atoms with Crippen LogP contribution in [0.2, 0.25) is 0 Å². The average Bonchev–Trinajstić information content (AvgIpc) is 2.42. The van der Waals surface area contributed by atoms with Crippen molar-refractivity contribution in [2.24, 2.45) is 0 Å². The van der Waals surface area contributed by atoms with Gasteiger partial charge in [0, 0.05) is 18.8 Å². The van der Waals surface area contributed by atoms with E-state index in [9.17, 15) is 9.59 Å². The van der Waals surface area contributed by atoms with Crippen molar-refractivity contribution < 1.29 is 19.1 Å². The molecular formula is C16H23NO4. The van der Waals surface area contributed by atoms with Gasteiger partial charge in [-0.15, -0.1) is 0 Å². The summed E-state index contributed by atoms with van der Waals surface area (Å²) in [5.74, 6) is -0.518. The van der Waals surface area contributed by atoms with E-state index in [4.69, 9.17) is 9.47 Å². The minimum Gasteiger partial charge on any atom is -0.469 e. The number of amides is 1. The third-order valence-electron chi connectivity index (χ3n) is 3.35. The van der Waals surface area contributed by atoms with Crippen LogP contribution in [0.5, 0.6) is 0 Å². The molecule has 0 aromatic heterocycles. The number of rotatable bonds is 6. The van der Waals surface area contributed by atoms with Crippen LogP contribution in [-0.4, -0.2) is 38.7 Å². The van der Waals surface area contributed by atoms with Gasteiger partial charge in [0.2, 0.25) is 0 Å². The lowest BCUT2D eigenvalue weighted by Gasteiger charge is -2.31. The van der Waals surface area contributed by atoms with Crippen molar-refractivity contribution in [3.63, 3.8) is 0 Å². The highest BCUT2D eigenvalue weighted by molar-refractivity contribution is 5.97. The molecular weight excluding hydrogens is 270 g/mol. The largest absolute Gasteiger partial charge is 0.469 e. The Labute approximate surface area is 125 Å². The monoisotopic (exact) mass is 293 g/mol. The number of esters is 1. The standard InChI is InChI=1S/C16H23NO4/c1-11-7-6-8-12(2)16(11)17(14(18)10-20-4)13(3)9-15(19)21-5/h6-8,13H,9-10H2,1-5H3. The van der Waals surface area contributed by atoms with Crippen molar-refractivity contribution in [2.75, 3.05) is 25.7 Å². The maximum absolute atomic E-state index is 12.4. The van der Waals surface area contributed by atoms with E-state index in [1.165, 1.54) is 14.2 Å². The summed E-state index contributed by atoms with van der Waals surface area (Å²) in [4.78, 5) is 25.6. The number of ether oxygens (including phenoxy) is 2. The Morgan fingerprint density at radius 3 is 2.24 bits per heavy atom. The lowest BCUT2D eigenvalue weighted by Crippen LogP contribution is -2.43. The average molecular weight is 293 g/mol. The van der Waals surface area contributed by atoms with Gasteiger partial charge in [0.05, 0.1) is 13.5 Å². The van der Waals surface area contributed by atoms with Gasteiger partial charge in [0.15, 0.2) is 0 Å². The number of nitrogens with zero attached hydrogens (tertiary/aromatic N) is 1. The SMILES string of the molecule is COCC(=O)N(c1c(C)cccc1C)C(C)CC(=O)OC. The topological polar surface area (TPSA) is 55.8 Å². The molecule has 0 radical (unpaired) electrons. The molecule has 21 heavy (non-hydrogen) atoms. The lowest BCUT2D eigenvalue weighted by atomic mass is 10.0. The molecule has 0 saturated heterocycles. The fourth-order valence-electron chi connectivity index (χ4n) is 2.39. The van der Waals surface area contributed by atoms with Crippen LogP contribution in [0.1, 0.15) is 24.5 Å². The van der Waals surface area contributed by atoms with Crippen molar-refractivity contribution in [1.82, 2.24) is 0 Å². The second-order valence-corrected chi connectivity index (χ2v) is 5.07. The van der Waals surface area contributed by atoms with Crippen LogP contribution in [0.4, 0.5) is 5.69 Å². The number of hydrogen-bond donors (Lipinski definition) is 0. The first kappa shape index (κ1) is 17.2. The van der Waals surface area contributed by atoms with Crippen molar-refractivity contribution in [1.29, 1.82) is 0 Å². The maximum Gasteiger partial charge on any atom is 0.307 e. The predicted molar refractivity (Wildman–Crippen MR) is 81.4 cm³/mol. The third-order valence-corrected chi connectivity index (χ3v) is 3.35. The summed E-state index contributed by atoms with van der Waals surface area (Å²) < 4.78 is 9.66. The number of methoxy groups -OCH3 is 2. The van der Waals surface area contributed by atoms with Gasteiger partial charge in [-0.05, 0) is 31.9 Å². The molecule has 0 heterocycles. The normalized spacial score (nSPS) is 11.9. The molecule has 1 aromatic rings. The van der Waals surface area contributed by atoms with E-state index in [1.54, 1.807) is 4.90 Å². The quantitative estimate of drug-likeness (QED) is 0.755. The van der Waals surface area contributed by atoms with Gasteiger partial charge in [-0.3, -0.25) is 9.59 Å². The Balaban J connectivity index is 3.19. The van der Waals surface area contributed by atoms with Crippen molar-refractivity contribution in [3.8, 4) is 0 Å². The lowest BCUT2D eigenvalue weighted by molar-refractivity contribution is -0.141. The van der Waals surface area contributed by atoms with Gasteiger partial charge in [-0.25, -0.2) is 0 Å². The van der Waals surface area contributed by atoms with Gasteiger partial charge < -0.3 is 14.4 Å². The van der Waals surface area contributed by atoms with E-state index < -0.39 is 0 Å². The zero-order valence-electron chi connectivity index (χ0n) is 13.3. The Bertz CT molecular complexity index is 493. The molecule has 0 spiro atoms. The van der Waals surface area contributed by atoms with Crippen LogP contribution in [0.15, 0.2) is 18.2 Å². The molecule has 0 fully saturated rings. The summed E-state index contributed by atoms with van der Waals surface area (Å²) >= 11 is 0. The molecule has 5 heteroatoms. The van der Waals surface area contributed by atoms with Gasteiger partial charge in [-0.1, -0.05) is 18.2 Å². The molecule has 0 N–H and O–H groups in total. The molecule has 116 valence electrons. The minimum atomic E-state index is -0.344. The highest BCUT2D eigenvalue weighted by Crippen LogP contribution is 2.27. The number of benzene rings is 1. The molecule has 1 amide bonds. The molecule has 0 aliphatic heterocycles. The van der Waals surface area contributed by atoms with Gasteiger partial charge >= 0.3 is 5.97 Å². The number of hydrogen-bond acceptors (Lipinski definition) is 4. The number of para-hydroxylation sites is 1. The Hall–Kier alpha value is -1.88. The van der Waals surface area contributed by atoms with Crippen molar-refractivity contribution in [2.45, 2.75) is 33.2 Å². The van der Waals surface area contributed by atoms with Gasteiger partial charge in [0.25, 0.3) is 5.91 Å². The molecule has 0 bridgehead atoms. The van der Waals surface area contributed by atoms with Crippen LogP contribution in [0, 0.1) is 13.8 Å². The molecule has 1 unspecified atom stereocenters. The highest BCUT2D eigenvalue weighted by atomic mass is 16.5. The molecule has 0 aliphatic rings. The number of anilines is 1. The van der Waals surface area contributed by atoms with Crippen LogP contribution < -0.4 is 4.90 Å². The van der Waals surface area contributed by atoms with E-state index in [2.05, 4.69) is 0 Å². The summed E-state index contributed by atoms with van der Waals surface area (Å²) in [5.41, 5.74) is 2.79. The summed E-state index contributed by atoms with van der Waals surface area (Å²) in [6.45, 7) is 5.69. The Morgan fingerprint density at radius 1 is 1.19 bits per heavy atom. The van der Waals surface area contributed by atoms with E-state index in [0.717, 1.165) is 16.8 Å². The van der Waals surface area contributed by atoms with Crippen LogP contribution in [0.25, 0.3) is 0 Å². The molecule has 1 rings (SSSR count). The van der Waals surface area contributed by atoms with E-state index in [1.807, 2.05) is 39.0 Å².